The van der Waals surface area contributed by atoms with Crippen LogP contribution in [-0.2, 0) is 20.9 Å². The zero-order valence-electron chi connectivity index (χ0n) is 20.9. The van der Waals surface area contributed by atoms with Crippen LogP contribution in [0.15, 0.2) is 30.3 Å². The summed E-state index contributed by atoms with van der Waals surface area (Å²) in [7, 11) is 0. The van der Waals surface area contributed by atoms with Gasteiger partial charge in [-0.3, -0.25) is 4.79 Å². The molecule has 32 heavy (non-hydrogen) atoms. The molecule has 3 atom stereocenters. The number of hydrogen-bond acceptors (Lipinski definition) is 3. The second-order valence-corrected chi connectivity index (χ2v) is 9.70. The monoisotopic (exact) mass is 444 g/mol. The van der Waals surface area contributed by atoms with Crippen LogP contribution in [0.25, 0.3) is 0 Å². The van der Waals surface area contributed by atoms with Gasteiger partial charge in [-0.25, -0.2) is 0 Å². The van der Waals surface area contributed by atoms with Crippen LogP contribution in [0, 0.1) is 5.92 Å². The molecule has 0 N–H and O–H groups in total. The smallest absolute Gasteiger partial charge is 0.313 e. The average Bonchev–Trinajstić information content (AvgIpc) is 2.81. The van der Waals surface area contributed by atoms with Gasteiger partial charge in [0.2, 0.25) is 0 Å². The van der Waals surface area contributed by atoms with Crippen molar-refractivity contribution in [2.24, 2.45) is 5.92 Å². The lowest BCUT2D eigenvalue weighted by molar-refractivity contribution is -0.190. The number of benzene rings is 1. The second kappa shape index (κ2) is 17.2. The van der Waals surface area contributed by atoms with E-state index in [4.69, 9.17) is 9.47 Å². The lowest BCUT2D eigenvalue weighted by Gasteiger charge is -2.37. The summed E-state index contributed by atoms with van der Waals surface area (Å²) in [5.41, 5.74) is 1.21. The number of carbonyl (C=O) groups excluding carboxylic acids is 1. The number of unbranched alkanes of at least 4 members (excludes halogenated alkanes) is 11. The molecule has 1 aliphatic rings. The summed E-state index contributed by atoms with van der Waals surface area (Å²) in [6, 6.07) is 10.4. The van der Waals surface area contributed by atoms with Crippen molar-refractivity contribution in [3.8, 4) is 0 Å². The SMILES string of the molecule is CCCCCCCCCCCC(CC1OC(=O)C1CCCCCC)OCc1ccccc1. The number of cyclic esters (lactones) is 1. The first kappa shape index (κ1) is 26.9. The molecule has 3 heteroatoms. The van der Waals surface area contributed by atoms with E-state index in [0.29, 0.717) is 6.61 Å². The van der Waals surface area contributed by atoms with Gasteiger partial charge in [0, 0.05) is 6.42 Å². The third-order valence-electron chi connectivity index (χ3n) is 6.84. The highest BCUT2D eigenvalue weighted by molar-refractivity contribution is 5.78. The summed E-state index contributed by atoms with van der Waals surface area (Å²) in [6.07, 6.45) is 20.0. The maximum Gasteiger partial charge on any atom is 0.313 e. The Labute approximate surface area is 197 Å². The van der Waals surface area contributed by atoms with Crippen molar-refractivity contribution in [3.05, 3.63) is 35.9 Å². The van der Waals surface area contributed by atoms with Crippen LogP contribution < -0.4 is 0 Å². The highest BCUT2D eigenvalue weighted by Crippen LogP contribution is 2.32. The fourth-order valence-electron chi connectivity index (χ4n) is 4.70. The Kier molecular flexibility index (Phi) is 14.4. The molecular weight excluding hydrogens is 396 g/mol. The Morgan fingerprint density at radius 1 is 0.812 bits per heavy atom. The fourth-order valence-corrected chi connectivity index (χ4v) is 4.70. The van der Waals surface area contributed by atoms with Gasteiger partial charge in [-0.05, 0) is 18.4 Å². The van der Waals surface area contributed by atoms with Gasteiger partial charge in [-0.1, -0.05) is 128 Å². The van der Waals surface area contributed by atoms with E-state index < -0.39 is 0 Å². The summed E-state index contributed by atoms with van der Waals surface area (Å²) in [6.45, 7) is 5.14. The summed E-state index contributed by atoms with van der Waals surface area (Å²) < 4.78 is 11.9. The summed E-state index contributed by atoms with van der Waals surface area (Å²) in [5, 5.41) is 0. The molecule has 1 aliphatic heterocycles. The largest absolute Gasteiger partial charge is 0.461 e. The first-order chi connectivity index (χ1) is 15.7. The predicted octanol–water partition coefficient (Wildman–Crippen LogP) is 8.39. The van der Waals surface area contributed by atoms with Crippen molar-refractivity contribution >= 4 is 5.97 Å². The van der Waals surface area contributed by atoms with Crippen LogP contribution >= 0.6 is 0 Å². The zero-order valence-corrected chi connectivity index (χ0v) is 20.9. The number of hydrogen-bond donors (Lipinski definition) is 0. The highest BCUT2D eigenvalue weighted by atomic mass is 16.6. The molecule has 0 aliphatic carbocycles. The van der Waals surface area contributed by atoms with E-state index in [2.05, 4.69) is 38.1 Å². The average molecular weight is 445 g/mol. The number of carbonyl (C=O) groups is 1. The molecule has 3 unspecified atom stereocenters. The molecule has 0 saturated carbocycles. The minimum Gasteiger partial charge on any atom is -0.461 e. The zero-order chi connectivity index (χ0) is 22.9. The molecule has 0 amide bonds. The van der Waals surface area contributed by atoms with Crippen LogP contribution in [0.5, 0.6) is 0 Å². The Morgan fingerprint density at radius 2 is 1.41 bits per heavy atom. The van der Waals surface area contributed by atoms with Gasteiger partial charge in [0.15, 0.2) is 0 Å². The van der Waals surface area contributed by atoms with Crippen molar-refractivity contribution in [2.45, 2.75) is 135 Å². The van der Waals surface area contributed by atoms with Crippen molar-refractivity contribution in [1.29, 1.82) is 0 Å². The minimum atomic E-state index is 0.0105. The standard InChI is InChI=1S/C29H48O3/c1-3-5-7-9-10-11-12-13-17-21-26(31-24-25-19-15-14-16-20-25)23-28-27(29(30)32-28)22-18-8-6-4-2/h14-16,19-20,26-28H,3-13,17-18,21-24H2,1-2H3. The number of rotatable bonds is 20. The van der Waals surface area contributed by atoms with Crippen LogP contribution in [-0.4, -0.2) is 18.2 Å². The van der Waals surface area contributed by atoms with Gasteiger partial charge in [-0.2, -0.15) is 0 Å². The lowest BCUT2D eigenvalue weighted by Crippen LogP contribution is -2.47. The molecular formula is C29H48O3. The highest BCUT2D eigenvalue weighted by Gasteiger charge is 2.42. The molecule has 1 fully saturated rings. The van der Waals surface area contributed by atoms with Crippen molar-refractivity contribution in [2.75, 3.05) is 0 Å². The van der Waals surface area contributed by atoms with Crippen molar-refractivity contribution in [3.63, 3.8) is 0 Å². The van der Waals surface area contributed by atoms with Crippen molar-refractivity contribution in [1.82, 2.24) is 0 Å². The van der Waals surface area contributed by atoms with Crippen LogP contribution in [0.2, 0.25) is 0 Å². The van der Waals surface area contributed by atoms with Gasteiger partial charge >= 0.3 is 5.97 Å². The van der Waals surface area contributed by atoms with E-state index in [1.807, 2.05) is 6.07 Å². The Morgan fingerprint density at radius 3 is 2.03 bits per heavy atom. The first-order valence-corrected chi connectivity index (χ1v) is 13.6. The van der Waals surface area contributed by atoms with Crippen LogP contribution in [0.4, 0.5) is 0 Å². The number of esters is 1. The van der Waals surface area contributed by atoms with Gasteiger partial charge in [-0.15, -0.1) is 0 Å². The topological polar surface area (TPSA) is 35.5 Å². The Bertz CT molecular complexity index is 585. The summed E-state index contributed by atoms with van der Waals surface area (Å²) in [4.78, 5) is 12.0. The normalized spacial score (nSPS) is 18.9. The Balaban J connectivity index is 1.72. The van der Waals surface area contributed by atoms with E-state index in [0.717, 1.165) is 25.7 Å². The summed E-state index contributed by atoms with van der Waals surface area (Å²) >= 11 is 0. The molecule has 2 rings (SSSR count). The molecule has 1 saturated heterocycles. The molecule has 1 heterocycles. The van der Waals surface area contributed by atoms with Gasteiger partial charge in [0.1, 0.15) is 6.10 Å². The minimum absolute atomic E-state index is 0.0105. The molecule has 0 bridgehead atoms. The summed E-state index contributed by atoms with van der Waals surface area (Å²) in [5.74, 6) is 0.106. The maximum atomic E-state index is 12.0. The second-order valence-electron chi connectivity index (χ2n) is 9.70. The quantitative estimate of drug-likeness (QED) is 0.150. The molecule has 1 aromatic rings. The van der Waals surface area contributed by atoms with Crippen LogP contribution in [0.3, 0.4) is 0 Å². The van der Waals surface area contributed by atoms with E-state index in [-0.39, 0.29) is 24.1 Å². The molecule has 0 aromatic heterocycles. The van der Waals surface area contributed by atoms with Gasteiger partial charge in [0.25, 0.3) is 0 Å². The van der Waals surface area contributed by atoms with Crippen molar-refractivity contribution < 1.29 is 14.3 Å². The third-order valence-corrected chi connectivity index (χ3v) is 6.84. The fraction of sp³-hybridized carbons (Fsp3) is 0.759. The van der Waals surface area contributed by atoms with Gasteiger partial charge in [0.05, 0.1) is 18.6 Å². The lowest BCUT2D eigenvalue weighted by atomic mass is 9.86. The molecule has 1 aromatic carbocycles. The van der Waals surface area contributed by atoms with E-state index in [1.54, 1.807) is 0 Å². The molecule has 0 radical (unpaired) electrons. The van der Waals surface area contributed by atoms with E-state index in [9.17, 15) is 4.79 Å². The Hall–Kier alpha value is -1.35. The molecule has 3 nitrogen and oxygen atoms in total. The predicted molar refractivity (Wildman–Crippen MR) is 134 cm³/mol. The molecule has 182 valence electrons. The van der Waals surface area contributed by atoms with E-state index in [1.165, 1.54) is 82.6 Å². The third kappa shape index (κ3) is 11.0. The molecule has 0 spiro atoms. The maximum absolute atomic E-state index is 12.0. The first-order valence-electron chi connectivity index (χ1n) is 13.6. The van der Waals surface area contributed by atoms with Crippen LogP contribution in [0.1, 0.15) is 122 Å². The van der Waals surface area contributed by atoms with E-state index >= 15 is 0 Å². The number of ether oxygens (including phenoxy) is 2. The van der Waals surface area contributed by atoms with Gasteiger partial charge < -0.3 is 9.47 Å².